The highest BCUT2D eigenvalue weighted by Crippen LogP contribution is 2.26. The molecule has 0 aromatic carbocycles. The largest absolute Gasteiger partial charge is 0.393 e. The molecule has 1 rings (SSSR count). The van der Waals surface area contributed by atoms with Gasteiger partial charge < -0.3 is 16.2 Å². The van der Waals surface area contributed by atoms with Crippen LogP contribution in [0.15, 0.2) is 0 Å². The summed E-state index contributed by atoms with van der Waals surface area (Å²) in [6, 6.07) is -0.112. The van der Waals surface area contributed by atoms with Crippen LogP contribution in [-0.2, 0) is 4.79 Å². The van der Waals surface area contributed by atoms with Crippen molar-refractivity contribution < 1.29 is 9.90 Å². The lowest BCUT2D eigenvalue weighted by molar-refractivity contribution is -0.122. The van der Waals surface area contributed by atoms with Crippen molar-refractivity contribution in [1.82, 2.24) is 5.32 Å². The summed E-state index contributed by atoms with van der Waals surface area (Å²) in [7, 11) is 0. The zero-order valence-corrected chi connectivity index (χ0v) is 10.5. The maximum absolute atomic E-state index is 11.6. The molecule has 0 radical (unpaired) electrons. The molecule has 4 N–H and O–H groups in total. The van der Waals surface area contributed by atoms with Gasteiger partial charge in [0.15, 0.2) is 0 Å². The maximum atomic E-state index is 11.6. The Morgan fingerprint density at radius 3 is 2.50 bits per heavy atom. The molecule has 4 nitrogen and oxygen atoms in total. The van der Waals surface area contributed by atoms with Gasteiger partial charge in [-0.05, 0) is 24.2 Å². The Hall–Kier alpha value is -0.610. The van der Waals surface area contributed by atoms with Gasteiger partial charge in [0, 0.05) is 19.0 Å². The fourth-order valence-electron chi connectivity index (χ4n) is 1.70. The first kappa shape index (κ1) is 13.5. The van der Waals surface area contributed by atoms with E-state index in [-0.39, 0.29) is 23.5 Å². The third-order valence-corrected chi connectivity index (χ3v) is 3.32. The summed E-state index contributed by atoms with van der Waals surface area (Å²) in [5.74, 6) is 0.466. The summed E-state index contributed by atoms with van der Waals surface area (Å²) in [5.41, 5.74) is 5.89. The van der Waals surface area contributed by atoms with E-state index in [4.69, 9.17) is 10.8 Å². The smallest absolute Gasteiger partial charge is 0.221 e. The van der Waals surface area contributed by atoms with E-state index in [0.29, 0.717) is 18.9 Å². The summed E-state index contributed by atoms with van der Waals surface area (Å²) in [6.45, 7) is 6.78. The molecule has 0 bridgehead atoms. The molecule has 1 fully saturated rings. The molecule has 0 aromatic heterocycles. The standard InChI is InChI=1S/C12H24N2O2/c1-12(2,3)10(13)6-11(16)14-7-8-4-9(15)5-8/h8-10,15H,4-7,13H2,1-3H3,(H,14,16). The van der Waals surface area contributed by atoms with Crippen molar-refractivity contribution in [2.45, 2.75) is 52.2 Å². The molecule has 0 spiro atoms. The molecule has 1 saturated carbocycles. The Morgan fingerprint density at radius 2 is 2.06 bits per heavy atom. The van der Waals surface area contributed by atoms with Crippen LogP contribution in [0.3, 0.4) is 0 Å². The molecule has 1 unspecified atom stereocenters. The predicted molar refractivity (Wildman–Crippen MR) is 63.8 cm³/mol. The van der Waals surface area contributed by atoms with Gasteiger partial charge in [-0.25, -0.2) is 0 Å². The van der Waals surface area contributed by atoms with E-state index >= 15 is 0 Å². The van der Waals surface area contributed by atoms with Crippen molar-refractivity contribution in [3.63, 3.8) is 0 Å². The molecule has 0 heterocycles. The van der Waals surface area contributed by atoms with Crippen molar-refractivity contribution in [3.8, 4) is 0 Å². The van der Waals surface area contributed by atoms with E-state index < -0.39 is 0 Å². The van der Waals surface area contributed by atoms with Crippen LogP contribution < -0.4 is 11.1 Å². The number of nitrogens with one attached hydrogen (secondary N) is 1. The third-order valence-electron chi connectivity index (χ3n) is 3.32. The Kier molecular flexibility index (Phi) is 4.33. The van der Waals surface area contributed by atoms with E-state index in [1.807, 2.05) is 20.8 Å². The van der Waals surface area contributed by atoms with Crippen molar-refractivity contribution >= 4 is 5.91 Å². The second kappa shape index (κ2) is 5.15. The molecule has 4 heteroatoms. The molecular formula is C12H24N2O2. The van der Waals surface area contributed by atoms with Crippen LogP contribution >= 0.6 is 0 Å². The van der Waals surface area contributed by atoms with Crippen molar-refractivity contribution in [2.75, 3.05) is 6.54 Å². The van der Waals surface area contributed by atoms with Crippen LogP contribution in [0.25, 0.3) is 0 Å². The minimum atomic E-state index is -0.154. The molecule has 0 aromatic rings. The van der Waals surface area contributed by atoms with Gasteiger partial charge in [-0.2, -0.15) is 0 Å². The first-order chi connectivity index (χ1) is 7.29. The monoisotopic (exact) mass is 228 g/mol. The van der Waals surface area contributed by atoms with Crippen molar-refractivity contribution in [1.29, 1.82) is 0 Å². The van der Waals surface area contributed by atoms with Gasteiger partial charge in [0.25, 0.3) is 0 Å². The van der Waals surface area contributed by atoms with Gasteiger partial charge in [-0.15, -0.1) is 0 Å². The van der Waals surface area contributed by atoms with Gasteiger partial charge in [0.1, 0.15) is 0 Å². The lowest BCUT2D eigenvalue weighted by Gasteiger charge is -2.32. The summed E-state index contributed by atoms with van der Waals surface area (Å²) in [6.07, 6.45) is 1.84. The summed E-state index contributed by atoms with van der Waals surface area (Å²) >= 11 is 0. The zero-order chi connectivity index (χ0) is 12.3. The van der Waals surface area contributed by atoms with Crippen LogP contribution in [0.2, 0.25) is 0 Å². The van der Waals surface area contributed by atoms with Crippen LogP contribution in [-0.4, -0.2) is 29.7 Å². The zero-order valence-electron chi connectivity index (χ0n) is 10.5. The number of nitrogens with two attached hydrogens (primary N) is 1. The Balaban J connectivity index is 2.16. The number of carbonyl (C=O) groups excluding carboxylic acids is 1. The third kappa shape index (κ3) is 4.10. The maximum Gasteiger partial charge on any atom is 0.221 e. The van der Waals surface area contributed by atoms with Crippen molar-refractivity contribution in [3.05, 3.63) is 0 Å². The number of rotatable bonds is 4. The highest BCUT2D eigenvalue weighted by atomic mass is 16.3. The molecule has 0 saturated heterocycles. The van der Waals surface area contributed by atoms with Crippen molar-refractivity contribution in [2.24, 2.45) is 17.1 Å². The molecule has 94 valence electrons. The SMILES string of the molecule is CC(C)(C)C(N)CC(=O)NCC1CC(O)C1. The average Bonchev–Trinajstić information content (AvgIpc) is 2.08. The normalized spacial score (nSPS) is 27.1. The fourth-order valence-corrected chi connectivity index (χ4v) is 1.70. The summed E-state index contributed by atoms with van der Waals surface area (Å²) in [4.78, 5) is 11.6. The van der Waals surface area contributed by atoms with E-state index in [1.165, 1.54) is 0 Å². The molecule has 0 aliphatic heterocycles. The first-order valence-electron chi connectivity index (χ1n) is 5.99. The molecular weight excluding hydrogens is 204 g/mol. The molecule has 1 aliphatic rings. The summed E-state index contributed by atoms with van der Waals surface area (Å²) in [5, 5.41) is 12.0. The minimum absolute atomic E-state index is 0.0174. The number of aliphatic hydroxyl groups is 1. The lowest BCUT2D eigenvalue weighted by atomic mass is 9.82. The number of carbonyl (C=O) groups is 1. The van der Waals surface area contributed by atoms with Crippen LogP contribution in [0, 0.1) is 11.3 Å². The van der Waals surface area contributed by atoms with Gasteiger partial charge >= 0.3 is 0 Å². The highest BCUT2D eigenvalue weighted by molar-refractivity contribution is 5.76. The number of aliphatic hydroxyl groups excluding tert-OH is 1. The molecule has 16 heavy (non-hydrogen) atoms. The van der Waals surface area contributed by atoms with E-state index in [2.05, 4.69) is 5.32 Å². The van der Waals surface area contributed by atoms with Crippen LogP contribution in [0.1, 0.15) is 40.0 Å². The second-order valence-corrected chi connectivity index (χ2v) is 5.97. The van der Waals surface area contributed by atoms with Gasteiger partial charge in [0.05, 0.1) is 6.10 Å². The van der Waals surface area contributed by atoms with E-state index in [0.717, 1.165) is 12.8 Å². The number of hydrogen-bond donors (Lipinski definition) is 3. The number of amides is 1. The second-order valence-electron chi connectivity index (χ2n) is 5.97. The first-order valence-corrected chi connectivity index (χ1v) is 5.99. The van der Waals surface area contributed by atoms with E-state index in [9.17, 15) is 4.79 Å². The lowest BCUT2D eigenvalue weighted by Crippen LogP contribution is -2.43. The molecule has 1 atom stereocenters. The average molecular weight is 228 g/mol. The topological polar surface area (TPSA) is 75.4 Å². The highest BCUT2D eigenvalue weighted by Gasteiger charge is 2.28. The minimum Gasteiger partial charge on any atom is -0.393 e. The quantitative estimate of drug-likeness (QED) is 0.661. The van der Waals surface area contributed by atoms with Crippen LogP contribution in [0.5, 0.6) is 0 Å². The van der Waals surface area contributed by atoms with Crippen LogP contribution in [0.4, 0.5) is 0 Å². The molecule has 1 aliphatic carbocycles. The fraction of sp³-hybridized carbons (Fsp3) is 0.917. The Labute approximate surface area is 97.6 Å². The molecule has 1 amide bonds. The van der Waals surface area contributed by atoms with Gasteiger partial charge in [-0.3, -0.25) is 4.79 Å². The van der Waals surface area contributed by atoms with Gasteiger partial charge in [0.2, 0.25) is 5.91 Å². The Bertz CT molecular complexity index is 242. The van der Waals surface area contributed by atoms with E-state index in [1.54, 1.807) is 0 Å². The van der Waals surface area contributed by atoms with Gasteiger partial charge in [-0.1, -0.05) is 20.8 Å². The summed E-state index contributed by atoms with van der Waals surface area (Å²) < 4.78 is 0. The Morgan fingerprint density at radius 1 is 1.50 bits per heavy atom. The number of hydrogen-bond acceptors (Lipinski definition) is 3. The predicted octanol–water partition coefficient (Wildman–Crippen LogP) is 0.637.